The van der Waals surface area contributed by atoms with Crippen LogP contribution in [-0.2, 0) is 21.3 Å². The molecule has 1 aromatic heterocycles. The van der Waals surface area contributed by atoms with Gasteiger partial charge in [0.15, 0.2) is 6.10 Å². The second kappa shape index (κ2) is 5.40. The van der Waals surface area contributed by atoms with Crippen LogP contribution in [-0.4, -0.2) is 59.5 Å². The molecule has 1 aliphatic rings. The van der Waals surface area contributed by atoms with E-state index in [1.807, 2.05) is 0 Å². The lowest BCUT2D eigenvalue weighted by molar-refractivity contribution is -0.158. The van der Waals surface area contributed by atoms with Crippen LogP contribution in [0, 0.1) is 6.92 Å². The average Bonchev–Trinajstić information content (AvgIpc) is 2.76. The van der Waals surface area contributed by atoms with Crippen LogP contribution in [0.3, 0.4) is 0 Å². The number of hydrogen-bond donors (Lipinski definition) is 0. The molecular formula is C12H17N3O4. The number of methoxy groups -OCH3 is 1. The normalized spacial score (nSPS) is 19.3. The smallest absolute Gasteiger partial charge is 0.336 e. The third kappa shape index (κ3) is 2.76. The number of esters is 1. The number of carbonyl (C=O) groups is 2. The molecule has 0 aromatic carbocycles. The van der Waals surface area contributed by atoms with Gasteiger partial charge in [0.2, 0.25) is 0 Å². The molecule has 2 heterocycles. The molecule has 1 fully saturated rings. The lowest BCUT2D eigenvalue weighted by Gasteiger charge is -2.31. The van der Waals surface area contributed by atoms with Gasteiger partial charge in [0.1, 0.15) is 0 Å². The maximum absolute atomic E-state index is 12.4. The van der Waals surface area contributed by atoms with E-state index < -0.39 is 12.1 Å². The van der Waals surface area contributed by atoms with Crippen molar-refractivity contribution in [2.45, 2.75) is 13.0 Å². The first-order valence-electron chi connectivity index (χ1n) is 6.02. The van der Waals surface area contributed by atoms with E-state index in [2.05, 4.69) is 9.84 Å². The fraction of sp³-hybridized carbons (Fsp3) is 0.583. The summed E-state index contributed by atoms with van der Waals surface area (Å²) in [6.07, 6.45) is 0.972. The zero-order valence-corrected chi connectivity index (χ0v) is 11.3. The molecule has 1 aromatic rings. The first-order valence-corrected chi connectivity index (χ1v) is 6.02. The van der Waals surface area contributed by atoms with E-state index in [9.17, 15) is 9.59 Å². The van der Waals surface area contributed by atoms with E-state index in [0.717, 1.165) is 0 Å². The Morgan fingerprint density at radius 1 is 1.53 bits per heavy atom. The Labute approximate surface area is 111 Å². The van der Waals surface area contributed by atoms with Crippen LogP contribution >= 0.6 is 0 Å². The molecule has 0 N–H and O–H groups in total. The van der Waals surface area contributed by atoms with Gasteiger partial charge in [0.05, 0.1) is 31.5 Å². The molecule has 0 spiro atoms. The SMILES string of the molecule is COC(=O)C1CN(C(=O)c2cn(C)nc2C)CCO1. The highest BCUT2D eigenvalue weighted by Gasteiger charge is 2.31. The third-order valence-corrected chi connectivity index (χ3v) is 3.06. The fourth-order valence-corrected chi connectivity index (χ4v) is 2.09. The number of aromatic nitrogens is 2. The average molecular weight is 267 g/mol. The van der Waals surface area contributed by atoms with Crippen molar-refractivity contribution in [2.24, 2.45) is 7.05 Å². The van der Waals surface area contributed by atoms with Crippen molar-refractivity contribution in [1.29, 1.82) is 0 Å². The molecule has 1 amide bonds. The summed E-state index contributed by atoms with van der Waals surface area (Å²) in [5.74, 6) is -0.594. The summed E-state index contributed by atoms with van der Waals surface area (Å²) in [6, 6.07) is 0. The quantitative estimate of drug-likeness (QED) is 0.690. The number of rotatable bonds is 2. The predicted molar refractivity (Wildman–Crippen MR) is 65.6 cm³/mol. The number of hydrogen-bond acceptors (Lipinski definition) is 5. The summed E-state index contributed by atoms with van der Waals surface area (Å²) in [5, 5.41) is 4.14. The van der Waals surface area contributed by atoms with Gasteiger partial charge in [-0.1, -0.05) is 0 Å². The second-order valence-electron chi connectivity index (χ2n) is 4.44. The molecule has 19 heavy (non-hydrogen) atoms. The Morgan fingerprint density at radius 2 is 2.26 bits per heavy atom. The minimum Gasteiger partial charge on any atom is -0.467 e. The number of ether oxygens (including phenoxy) is 2. The highest BCUT2D eigenvalue weighted by molar-refractivity contribution is 5.95. The predicted octanol–water partition coefficient (Wildman–Crippen LogP) is -0.257. The number of carbonyl (C=O) groups excluding carboxylic acids is 2. The Morgan fingerprint density at radius 3 is 2.84 bits per heavy atom. The zero-order chi connectivity index (χ0) is 14.0. The summed E-state index contributed by atoms with van der Waals surface area (Å²) in [6.45, 7) is 2.77. The van der Waals surface area contributed by atoms with Gasteiger partial charge in [-0.05, 0) is 6.92 Å². The molecule has 0 bridgehead atoms. The van der Waals surface area contributed by atoms with Crippen molar-refractivity contribution >= 4 is 11.9 Å². The van der Waals surface area contributed by atoms with Gasteiger partial charge in [0, 0.05) is 19.8 Å². The van der Waals surface area contributed by atoms with Crippen molar-refractivity contribution in [2.75, 3.05) is 26.8 Å². The summed E-state index contributed by atoms with van der Waals surface area (Å²) in [7, 11) is 3.07. The third-order valence-electron chi connectivity index (χ3n) is 3.06. The highest BCUT2D eigenvalue weighted by atomic mass is 16.6. The molecular weight excluding hydrogens is 250 g/mol. The molecule has 0 saturated carbocycles. The molecule has 1 saturated heterocycles. The summed E-state index contributed by atoms with van der Waals surface area (Å²) < 4.78 is 11.5. The fourth-order valence-electron chi connectivity index (χ4n) is 2.09. The molecule has 104 valence electrons. The minimum atomic E-state index is -0.709. The van der Waals surface area contributed by atoms with Crippen molar-refractivity contribution in [3.05, 3.63) is 17.5 Å². The van der Waals surface area contributed by atoms with E-state index in [4.69, 9.17) is 4.74 Å². The number of morpholine rings is 1. The monoisotopic (exact) mass is 267 g/mol. The number of aryl methyl sites for hydroxylation is 2. The van der Waals surface area contributed by atoms with Crippen molar-refractivity contribution in [1.82, 2.24) is 14.7 Å². The molecule has 1 atom stereocenters. The van der Waals surface area contributed by atoms with Crippen LogP contribution in [0.15, 0.2) is 6.20 Å². The summed E-state index contributed by atoms with van der Waals surface area (Å²) >= 11 is 0. The molecule has 7 heteroatoms. The largest absolute Gasteiger partial charge is 0.467 e. The number of nitrogens with zero attached hydrogens (tertiary/aromatic N) is 3. The van der Waals surface area contributed by atoms with Gasteiger partial charge < -0.3 is 14.4 Å². The lowest BCUT2D eigenvalue weighted by atomic mass is 10.2. The van der Waals surface area contributed by atoms with Crippen molar-refractivity contribution in [3.63, 3.8) is 0 Å². The van der Waals surface area contributed by atoms with Crippen LogP contribution in [0.25, 0.3) is 0 Å². The minimum absolute atomic E-state index is 0.136. The number of amides is 1. The Hall–Kier alpha value is -1.89. The van der Waals surface area contributed by atoms with Crippen LogP contribution in [0.5, 0.6) is 0 Å². The van der Waals surface area contributed by atoms with Gasteiger partial charge >= 0.3 is 5.97 Å². The van der Waals surface area contributed by atoms with Crippen LogP contribution in [0.2, 0.25) is 0 Å². The first-order chi connectivity index (χ1) is 9.02. The van der Waals surface area contributed by atoms with Gasteiger partial charge in [-0.25, -0.2) is 4.79 Å². The zero-order valence-electron chi connectivity index (χ0n) is 11.3. The molecule has 2 rings (SSSR count). The molecule has 1 aliphatic heterocycles. The standard InChI is InChI=1S/C12H17N3O4/c1-8-9(6-14(2)13-8)11(16)15-4-5-19-10(7-15)12(17)18-3/h6,10H,4-5,7H2,1-3H3. The van der Waals surface area contributed by atoms with Gasteiger partial charge in [-0.15, -0.1) is 0 Å². The first kappa shape index (κ1) is 13.5. The highest BCUT2D eigenvalue weighted by Crippen LogP contribution is 2.13. The molecule has 0 aliphatic carbocycles. The maximum atomic E-state index is 12.4. The summed E-state index contributed by atoms with van der Waals surface area (Å²) in [5.41, 5.74) is 1.22. The van der Waals surface area contributed by atoms with Gasteiger partial charge in [-0.2, -0.15) is 5.10 Å². The second-order valence-corrected chi connectivity index (χ2v) is 4.44. The van der Waals surface area contributed by atoms with Gasteiger partial charge in [-0.3, -0.25) is 9.48 Å². The van der Waals surface area contributed by atoms with Crippen LogP contribution in [0.1, 0.15) is 16.1 Å². The summed E-state index contributed by atoms with van der Waals surface area (Å²) in [4.78, 5) is 25.4. The van der Waals surface area contributed by atoms with E-state index in [1.165, 1.54) is 7.11 Å². The van der Waals surface area contributed by atoms with E-state index in [1.54, 1.807) is 29.7 Å². The molecule has 7 nitrogen and oxygen atoms in total. The molecule has 1 unspecified atom stereocenters. The Kier molecular flexibility index (Phi) is 3.84. The van der Waals surface area contributed by atoms with Crippen LogP contribution in [0.4, 0.5) is 0 Å². The Balaban J connectivity index is 2.11. The van der Waals surface area contributed by atoms with E-state index >= 15 is 0 Å². The maximum Gasteiger partial charge on any atom is 0.336 e. The van der Waals surface area contributed by atoms with E-state index in [-0.39, 0.29) is 12.5 Å². The van der Waals surface area contributed by atoms with Crippen molar-refractivity contribution < 1.29 is 19.1 Å². The van der Waals surface area contributed by atoms with E-state index in [0.29, 0.717) is 24.4 Å². The van der Waals surface area contributed by atoms with Crippen molar-refractivity contribution in [3.8, 4) is 0 Å². The molecule has 0 radical (unpaired) electrons. The Bertz CT molecular complexity index is 497. The lowest BCUT2D eigenvalue weighted by Crippen LogP contribution is -2.49. The van der Waals surface area contributed by atoms with Crippen LogP contribution < -0.4 is 0 Å². The van der Waals surface area contributed by atoms with Gasteiger partial charge in [0.25, 0.3) is 5.91 Å². The topological polar surface area (TPSA) is 73.7 Å².